The molecule has 196 valence electrons. The number of hydrogen-bond acceptors (Lipinski definition) is 3. The predicted octanol–water partition coefficient (Wildman–Crippen LogP) is 7.12. The van der Waals surface area contributed by atoms with Gasteiger partial charge in [0.05, 0.1) is 33.9 Å². The zero-order valence-corrected chi connectivity index (χ0v) is 21.9. The van der Waals surface area contributed by atoms with Crippen molar-refractivity contribution in [2.75, 3.05) is 0 Å². The molecule has 1 N–H and O–H groups in total. The van der Waals surface area contributed by atoms with Crippen LogP contribution in [0.2, 0.25) is 0 Å². The van der Waals surface area contributed by atoms with Crippen molar-refractivity contribution < 1.29 is 18.7 Å². The van der Waals surface area contributed by atoms with Gasteiger partial charge in [-0.25, -0.2) is 8.78 Å². The lowest BCUT2D eigenvalue weighted by Crippen LogP contribution is -2.17. The highest BCUT2D eigenvalue weighted by Crippen LogP contribution is 2.33. The lowest BCUT2D eigenvalue weighted by Gasteiger charge is -2.16. The van der Waals surface area contributed by atoms with E-state index in [9.17, 15) is 23.5 Å². The van der Waals surface area contributed by atoms with Crippen LogP contribution in [-0.2, 0) is 17.4 Å². The molecule has 0 unspecified atom stereocenters. The number of Topliss-reactive ketones (excluding diaryl/α,β-unsaturated/α-hetero) is 1. The average Bonchev–Trinajstić information content (AvgIpc) is 2.97. The molecule has 40 heavy (non-hydrogen) atoms. The number of phenolic OH excluding ortho intramolecular Hbond substituents is 1. The summed E-state index contributed by atoms with van der Waals surface area (Å²) in [4.78, 5) is 29.4. The summed E-state index contributed by atoms with van der Waals surface area (Å²) in [6.45, 7) is -0.0109. The highest BCUT2D eigenvalue weighted by atomic mass is 32.2. The number of halogens is 2. The Morgan fingerprint density at radius 1 is 0.675 bits per heavy atom. The van der Waals surface area contributed by atoms with Crippen LogP contribution in [0.25, 0.3) is 21.8 Å². The van der Waals surface area contributed by atoms with E-state index in [1.807, 2.05) is 34.9 Å². The van der Waals surface area contributed by atoms with Crippen LogP contribution in [0.4, 0.5) is 8.78 Å². The van der Waals surface area contributed by atoms with Gasteiger partial charge in [0.1, 0.15) is 17.4 Å². The smallest absolute Gasteiger partial charge is 0.197 e. The molecule has 0 bridgehead atoms. The van der Waals surface area contributed by atoms with Gasteiger partial charge in [-0.2, -0.15) is 0 Å². The molecule has 0 radical (unpaired) electrons. The molecule has 5 aromatic carbocycles. The molecular formula is C33H22F2NO3S+. The van der Waals surface area contributed by atoms with E-state index in [1.54, 1.807) is 48.5 Å². The molecule has 0 aliphatic carbocycles. The Hall–Kier alpha value is -4.75. The van der Waals surface area contributed by atoms with Gasteiger partial charge >= 0.3 is 0 Å². The second-order valence-electron chi connectivity index (χ2n) is 9.30. The van der Waals surface area contributed by atoms with Crippen molar-refractivity contribution in [3.8, 4) is 5.75 Å². The zero-order chi connectivity index (χ0) is 27.8. The van der Waals surface area contributed by atoms with Crippen molar-refractivity contribution in [2.45, 2.75) is 21.2 Å². The highest BCUT2D eigenvalue weighted by Gasteiger charge is 2.30. The Morgan fingerprint density at radius 3 is 1.85 bits per heavy atom. The number of fused-ring (bicyclic) bond motifs is 2. The van der Waals surface area contributed by atoms with Gasteiger partial charge in [-0.15, -0.1) is 0 Å². The standard InChI is InChI=1S/C33H21F2NO3S/c34-22-7-13-25(14-8-22)40(26-15-9-23(35)10-16-26)27-17-18-31-29(19-27)33(39)28-3-1-2-4-30(28)36(31)20-32(38)21-5-11-24(37)12-6-21/h1-19H,20H2/p+1. The van der Waals surface area contributed by atoms with Gasteiger partial charge in [0, 0.05) is 17.0 Å². The number of aromatic hydroxyl groups is 1. The molecule has 0 aliphatic heterocycles. The first-order valence-electron chi connectivity index (χ1n) is 12.5. The maximum Gasteiger partial charge on any atom is 0.197 e. The lowest BCUT2D eigenvalue weighted by molar-refractivity contribution is 0.0974. The molecule has 6 rings (SSSR count). The minimum Gasteiger partial charge on any atom is -0.508 e. The number of ketones is 1. The third kappa shape index (κ3) is 4.76. The topological polar surface area (TPSA) is 59.3 Å². The minimum absolute atomic E-state index is 0.0109. The quantitative estimate of drug-likeness (QED) is 0.137. The van der Waals surface area contributed by atoms with Gasteiger partial charge in [-0.1, -0.05) is 12.1 Å². The molecule has 0 fully saturated rings. The van der Waals surface area contributed by atoms with Gasteiger partial charge in [0.15, 0.2) is 25.9 Å². The fourth-order valence-electron chi connectivity index (χ4n) is 4.84. The maximum absolute atomic E-state index is 13.8. The van der Waals surface area contributed by atoms with Gasteiger partial charge in [0.25, 0.3) is 0 Å². The van der Waals surface area contributed by atoms with Crippen LogP contribution in [0.15, 0.2) is 135 Å². The Bertz CT molecular complexity index is 1890. The van der Waals surface area contributed by atoms with Crippen LogP contribution >= 0.6 is 0 Å². The SMILES string of the molecule is O=C(Cn1c2ccccc2c(=O)c2cc([S+](c3ccc(F)cc3)c3ccc(F)cc3)ccc21)c1ccc(O)cc1. The molecule has 4 nitrogen and oxygen atoms in total. The van der Waals surface area contributed by atoms with E-state index in [-0.39, 0.29) is 35.1 Å². The maximum atomic E-state index is 13.8. The molecular weight excluding hydrogens is 528 g/mol. The molecule has 0 aliphatic rings. The number of pyridine rings is 1. The first-order valence-corrected chi connectivity index (χ1v) is 13.7. The summed E-state index contributed by atoms with van der Waals surface area (Å²) in [5, 5.41) is 10.5. The molecule has 0 amide bonds. The summed E-state index contributed by atoms with van der Waals surface area (Å²) < 4.78 is 29.4. The van der Waals surface area contributed by atoms with Crippen LogP contribution in [-0.4, -0.2) is 15.5 Å². The largest absolute Gasteiger partial charge is 0.508 e. The van der Waals surface area contributed by atoms with Gasteiger partial charge in [0.2, 0.25) is 0 Å². The first-order chi connectivity index (χ1) is 19.4. The van der Waals surface area contributed by atoms with E-state index in [1.165, 1.54) is 36.4 Å². The number of carbonyl (C=O) groups excluding carboxylic acids is 1. The number of rotatable bonds is 6. The summed E-state index contributed by atoms with van der Waals surface area (Å²) in [6.07, 6.45) is 0. The van der Waals surface area contributed by atoms with Crippen molar-refractivity contribution in [3.63, 3.8) is 0 Å². The van der Waals surface area contributed by atoms with E-state index in [0.717, 1.165) is 14.7 Å². The Morgan fingerprint density at radius 2 is 1.23 bits per heavy atom. The number of nitrogens with zero attached hydrogens (tertiary/aromatic N) is 1. The van der Waals surface area contributed by atoms with Crippen LogP contribution in [0.3, 0.4) is 0 Å². The normalized spacial score (nSPS) is 11.4. The van der Waals surface area contributed by atoms with Crippen molar-refractivity contribution in [1.82, 2.24) is 4.57 Å². The lowest BCUT2D eigenvalue weighted by atomic mass is 10.1. The van der Waals surface area contributed by atoms with E-state index in [4.69, 9.17) is 0 Å². The van der Waals surface area contributed by atoms with Crippen LogP contribution < -0.4 is 5.43 Å². The van der Waals surface area contributed by atoms with Crippen LogP contribution in [0.5, 0.6) is 5.75 Å². The fraction of sp³-hybridized carbons (Fsp3) is 0.0303. The van der Waals surface area contributed by atoms with Gasteiger partial charge < -0.3 is 9.67 Å². The second kappa shape index (κ2) is 10.4. The Balaban J connectivity index is 1.55. The Labute approximate surface area is 231 Å². The summed E-state index contributed by atoms with van der Waals surface area (Å²) in [5.41, 5.74) is 1.51. The Kier molecular flexibility index (Phi) is 6.66. The highest BCUT2D eigenvalue weighted by molar-refractivity contribution is 7.97. The molecule has 1 aromatic heterocycles. The van der Waals surface area contributed by atoms with Crippen LogP contribution in [0.1, 0.15) is 10.4 Å². The first kappa shape index (κ1) is 25.5. The number of hydrogen-bond donors (Lipinski definition) is 1. The van der Waals surface area contributed by atoms with Crippen molar-refractivity contribution in [1.29, 1.82) is 0 Å². The van der Waals surface area contributed by atoms with Gasteiger partial charge in [-0.3, -0.25) is 9.59 Å². The van der Waals surface area contributed by atoms with Crippen molar-refractivity contribution in [3.05, 3.63) is 143 Å². The van der Waals surface area contributed by atoms with E-state index in [2.05, 4.69) is 0 Å². The molecule has 7 heteroatoms. The summed E-state index contributed by atoms with van der Waals surface area (Å²) in [5.74, 6) is -0.826. The number of phenols is 1. The average molecular weight is 551 g/mol. The number of benzene rings is 5. The third-order valence-electron chi connectivity index (χ3n) is 6.77. The van der Waals surface area contributed by atoms with E-state index >= 15 is 0 Å². The molecule has 0 saturated carbocycles. The fourth-order valence-corrected chi connectivity index (χ4v) is 6.91. The van der Waals surface area contributed by atoms with Crippen LogP contribution in [0, 0.1) is 11.6 Å². The monoisotopic (exact) mass is 550 g/mol. The molecule has 0 spiro atoms. The number of para-hydroxylation sites is 1. The molecule has 1 heterocycles. The van der Waals surface area contributed by atoms with E-state index in [0.29, 0.717) is 27.4 Å². The third-order valence-corrected chi connectivity index (χ3v) is 8.98. The zero-order valence-electron chi connectivity index (χ0n) is 21.1. The molecule has 0 saturated heterocycles. The molecule has 0 atom stereocenters. The summed E-state index contributed by atoms with van der Waals surface area (Å²) >= 11 is 0. The minimum atomic E-state index is -0.751. The number of aromatic nitrogens is 1. The summed E-state index contributed by atoms with van der Waals surface area (Å²) in [7, 11) is -0.751. The second-order valence-corrected chi connectivity index (χ2v) is 11.3. The summed E-state index contributed by atoms with van der Waals surface area (Å²) in [6, 6.07) is 31.1. The number of carbonyl (C=O) groups is 1. The molecule has 6 aromatic rings. The van der Waals surface area contributed by atoms with Crippen molar-refractivity contribution in [2.24, 2.45) is 0 Å². The van der Waals surface area contributed by atoms with Gasteiger partial charge in [-0.05, 0) is 97.1 Å². The van der Waals surface area contributed by atoms with E-state index < -0.39 is 10.9 Å². The van der Waals surface area contributed by atoms with Crippen molar-refractivity contribution >= 4 is 38.5 Å². The predicted molar refractivity (Wildman–Crippen MR) is 153 cm³/mol.